The fourth-order valence-corrected chi connectivity index (χ4v) is 2.72. The summed E-state index contributed by atoms with van der Waals surface area (Å²) < 4.78 is 4.07. The largest absolute Gasteiger partial charge is 0.337 e. The van der Waals surface area contributed by atoms with Gasteiger partial charge < -0.3 is 4.98 Å². The third kappa shape index (κ3) is 1.80. The molecule has 0 atom stereocenters. The number of benzene rings is 1. The molecule has 0 spiro atoms. The number of rotatable bonds is 1. The molecule has 3 aromatic rings. The fourth-order valence-electron chi connectivity index (χ4n) is 1.90. The van der Waals surface area contributed by atoms with Crippen LogP contribution in [0.15, 0.2) is 24.3 Å². The van der Waals surface area contributed by atoms with Crippen molar-refractivity contribution in [3.63, 3.8) is 0 Å². The van der Waals surface area contributed by atoms with E-state index >= 15 is 0 Å². The monoisotopic (exact) mass is 258 g/mol. The topological polar surface area (TPSA) is 54.5 Å². The van der Waals surface area contributed by atoms with Crippen molar-refractivity contribution in [1.29, 1.82) is 0 Å². The molecule has 3 rings (SSSR count). The zero-order chi connectivity index (χ0) is 12.8. The van der Waals surface area contributed by atoms with Gasteiger partial charge in [0.25, 0.3) is 0 Å². The zero-order valence-corrected chi connectivity index (χ0v) is 11.4. The van der Waals surface area contributed by atoms with Crippen LogP contribution in [-0.4, -0.2) is 19.6 Å². The van der Waals surface area contributed by atoms with Crippen molar-refractivity contribution < 1.29 is 0 Å². The van der Waals surface area contributed by atoms with E-state index in [4.69, 9.17) is 0 Å². The van der Waals surface area contributed by atoms with Crippen LogP contribution in [0.4, 0.5) is 0 Å². The number of nitrogens with zero attached hydrogens (tertiary/aromatic N) is 3. The normalized spacial score (nSPS) is 12.2. The molecule has 0 aliphatic heterocycles. The molecule has 92 valence electrons. The molecule has 0 bridgehead atoms. The van der Waals surface area contributed by atoms with Gasteiger partial charge in [0, 0.05) is 5.41 Å². The minimum absolute atomic E-state index is 0.0265. The molecule has 0 saturated heterocycles. The lowest BCUT2D eigenvalue weighted by Crippen LogP contribution is -2.13. The number of para-hydroxylation sites is 2. The van der Waals surface area contributed by atoms with Crippen LogP contribution in [0.2, 0.25) is 0 Å². The summed E-state index contributed by atoms with van der Waals surface area (Å²) in [6, 6.07) is 8.01. The van der Waals surface area contributed by atoms with Crippen molar-refractivity contribution in [2.75, 3.05) is 0 Å². The zero-order valence-electron chi connectivity index (χ0n) is 10.6. The Labute approximate surface area is 109 Å². The highest BCUT2D eigenvalue weighted by Crippen LogP contribution is 2.33. The van der Waals surface area contributed by atoms with Crippen LogP contribution >= 0.6 is 11.5 Å². The lowest BCUT2D eigenvalue weighted by atomic mass is 9.91. The van der Waals surface area contributed by atoms with Crippen molar-refractivity contribution in [3.05, 3.63) is 30.0 Å². The summed E-state index contributed by atoms with van der Waals surface area (Å²) in [5, 5.41) is 4.24. The molecule has 0 saturated carbocycles. The molecule has 0 aliphatic carbocycles. The van der Waals surface area contributed by atoms with Crippen molar-refractivity contribution in [3.8, 4) is 10.7 Å². The summed E-state index contributed by atoms with van der Waals surface area (Å²) in [5.41, 5.74) is 2.98. The molecule has 2 heterocycles. The molecule has 0 fully saturated rings. The summed E-state index contributed by atoms with van der Waals surface area (Å²) in [5.74, 6) is 0.858. The van der Waals surface area contributed by atoms with E-state index in [1.54, 1.807) is 0 Å². The van der Waals surface area contributed by atoms with Gasteiger partial charge in [-0.3, -0.25) is 0 Å². The molecule has 4 nitrogen and oxygen atoms in total. The maximum Gasteiger partial charge on any atom is 0.152 e. The predicted octanol–water partition coefficient (Wildman–Crippen LogP) is 3.38. The Kier molecular flexibility index (Phi) is 2.45. The van der Waals surface area contributed by atoms with E-state index in [0.717, 1.165) is 27.4 Å². The van der Waals surface area contributed by atoms with Gasteiger partial charge in [0.1, 0.15) is 4.88 Å². The van der Waals surface area contributed by atoms with E-state index in [1.807, 2.05) is 24.3 Å². The van der Waals surface area contributed by atoms with Gasteiger partial charge in [-0.05, 0) is 23.7 Å². The molecule has 1 N–H and O–H groups in total. The number of H-pyrrole nitrogens is 1. The van der Waals surface area contributed by atoms with E-state index in [-0.39, 0.29) is 5.41 Å². The van der Waals surface area contributed by atoms with Gasteiger partial charge in [0.15, 0.2) is 5.82 Å². The number of aromatic amines is 1. The average molecular weight is 258 g/mol. The van der Waals surface area contributed by atoms with Crippen molar-refractivity contribution >= 4 is 22.6 Å². The highest BCUT2D eigenvalue weighted by atomic mass is 32.1. The first-order valence-corrected chi connectivity index (χ1v) is 6.61. The summed E-state index contributed by atoms with van der Waals surface area (Å²) >= 11 is 1.39. The summed E-state index contributed by atoms with van der Waals surface area (Å²) in [6.07, 6.45) is 0. The summed E-state index contributed by atoms with van der Waals surface area (Å²) in [4.78, 5) is 8.96. The average Bonchev–Trinajstić information content (AvgIpc) is 2.94. The second-order valence-electron chi connectivity index (χ2n) is 5.30. The van der Waals surface area contributed by atoms with Crippen molar-refractivity contribution in [2.45, 2.75) is 26.2 Å². The van der Waals surface area contributed by atoms with Crippen LogP contribution in [0, 0.1) is 0 Å². The van der Waals surface area contributed by atoms with Crippen LogP contribution in [0.5, 0.6) is 0 Å². The van der Waals surface area contributed by atoms with E-state index < -0.39 is 0 Å². The molecule has 0 unspecified atom stereocenters. The lowest BCUT2D eigenvalue weighted by Gasteiger charge is -2.15. The molecular formula is C13H14N4S. The van der Waals surface area contributed by atoms with Crippen LogP contribution in [-0.2, 0) is 5.41 Å². The molecule has 5 heteroatoms. The highest BCUT2D eigenvalue weighted by molar-refractivity contribution is 7.09. The van der Waals surface area contributed by atoms with Gasteiger partial charge in [-0.2, -0.15) is 0 Å². The van der Waals surface area contributed by atoms with Gasteiger partial charge in [0.2, 0.25) is 0 Å². The Morgan fingerprint density at radius 3 is 2.67 bits per heavy atom. The van der Waals surface area contributed by atoms with Crippen LogP contribution in [0.1, 0.15) is 26.5 Å². The smallest absolute Gasteiger partial charge is 0.152 e. The molecule has 0 radical (unpaired) electrons. The third-order valence-electron chi connectivity index (χ3n) is 2.80. The number of hydrogen-bond donors (Lipinski definition) is 1. The molecular weight excluding hydrogens is 244 g/mol. The first-order valence-electron chi connectivity index (χ1n) is 5.83. The third-order valence-corrected chi connectivity index (χ3v) is 3.54. The number of aromatic nitrogens is 4. The second-order valence-corrected chi connectivity index (χ2v) is 6.06. The van der Waals surface area contributed by atoms with Crippen LogP contribution in [0.25, 0.3) is 21.7 Å². The Bertz CT molecular complexity index is 657. The first-order chi connectivity index (χ1) is 8.55. The number of fused-ring (bicyclic) bond motifs is 1. The maximum atomic E-state index is 4.60. The van der Waals surface area contributed by atoms with Crippen molar-refractivity contribution in [1.82, 2.24) is 19.6 Å². The molecule has 0 aliphatic rings. The maximum absolute atomic E-state index is 4.60. The number of nitrogens with one attached hydrogen (secondary N) is 1. The number of imidazole rings is 1. The summed E-state index contributed by atoms with van der Waals surface area (Å²) in [6.45, 7) is 6.40. The van der Waals surface area contributed by atoms with Crippen LogP contribution in [0.3, 0.4) is 0 Å². The standard InChI is InChI=1S/C13H14N4S/c1-13(2,3)11-10(18-17-16-11)12-14-8-6-4-5-7-9(8)15-12/h4-7H,1-3H3,(H,14,15). The Morgan fingerprint density at radius 2 is 1.94 bits per heavy atom. The van der Waals surface area contributed by atoms with Gasteiger partial charge in [0.05, 0.1) is 16.7 Å². The van der Waals surface area contributed by atoms with Gasteiger partial charge >= 0.3 is 0 Å². The van der Waals surface area contributed by atoms with E-state index in [9.17, 15) is 0 Å². The second kappa shape index (κ2) is 3.88. The minimum Gasteiger partial charge on any atom is -0.337 e. The highest BCUT2D eigenvalue weighted by Gasteiger charge is 2.24. The van der Waals surface area contributed by atoms with Gasteiger partial charge in [-0.15, -0.1) is 5.10 Å². The van der Waals surface area contributed by atoms with Gasteiger partial charge in [-0.25, -0.2) is 4.98 Å². The van der Waals surface area contributed by atoms with E-state index in [1.165, 1.54) is 11.5 Å². The molecule has 18 heavy (non-hydrogen) atoms. The summed E-state index contributed by atoms with van der Waals surface area (Å²) in [7, 11) is 0. The van der Waals surface area contributed by atoms with Gasteiger partial charge in [-0.1, -0.05) is 37.4 Å². The minimum atomic E-state index is -0.0265. The fraction of sp³-hybridized carbons (Fsp3) is 0.308. The Hall–Kier alpha value is -1.75. The lowest BCUT2D eigenvalue weighted by molar-refractivity contribution is 0.568. The Morgan fingerprint density at radius 1 is 1.17 bits per heavy atom. The van der Waals surface area contributed by atoms with Crippen LogP contribution < -0.4 is 0 Å². The predicted molar refractivity (Wildman–Crippen MR) is 73.7 cm³/mol. The molecule has 1 aromatic carbocycles. The Balaban J connectivity index is 2.18. The quantitative estimate of drug-likeness (QED) is 0.728. The molecule has 2 aromatic heterocycles. The van der Waals surface area contributed by atoms with Crippen molar-refractivity contribution in [2.24, 2.45) is 0 Å². The van der Waals surface area contributed by atoms with E-state index in [0.29, 0.717) is 0 Å². The van der Waals surface area contributed by atoms with E-state index in [2.05, 4.69) is 40.3 Å². The molecule has 0 amide bonds. The SMILES string of the molecule is CC(C)(C)c1nnsc1-c1nc2ccccc2[nH]1. The number of hydrogen-bond acceptors (Lipinski definition) is 4. The first kappa shape index (κ1) is 11.3.